The molecule has 1 aliphatic heterocycles. The lowest BCUT2D eigenvalue weighted by Crippen LogP contribution is -2.36. The van der Waals surface area contributed by atoms with Crippen LogP contribution in [0.2, 0.25) is 5.02 Å². The van der Waals surface area contributed by atoms with Crippen LogP contribution in [0.5, 0.6) is 11.5 Å². The van der Waals surface area contributed by atoms with Crippen LogP contribution in [0.25, 0.3) is 10.9 Å². The van der Waals surface area contributed by atoms with Crippen LogP contribution in [0.4, 0.5) is 15.9 Å². The minimum Gasteiger partial charge on any atom is -0.489 e. The van der Waals surface area contributed by atoms with Gasteiger partial charge in [-0.05, 0) is 58.0 Å². The summed E-state index contributed by atoms with van der Waals surface area (Å²) in [5.74, 6) is 1.31. The summed E-state index contributed by atoms with van der Waals surface area (Å²) in [6, 6.07) is 19.5. The number of nitrogens with one attached hydrogen (secondary N) is 1. The topological polar surface area (TPSA) is 68.7 Å². The molecule has 0 radical (unpaired) electrons. The molecule has 230 valence electrons. The Morgan fingerprint density at radius 3 is 2.35 bits per heavy atom. The van der Waals surface area contributed by atoms with E-state index in [1.165, 1.54) is 18.5 Å². The standard InChI is InChI=1S/C26H23ClFN3O3.C8H19N/c27-21-12-18(6-7-22(21)28)31-26-25-23(29-16-30-26)13-20(33-15-17-4-2-1-3-5-17)14-24(25)34-19-8-10-32-11-9-19;1-6-9(7(2)3)8(4)5/h1-7,12-14,16,19H,8-11,15H2,(H,29,30,31);7-8H,6H2,1-5H3. The Bertz CT molecular complexity index is 1440. The van der Waals surface area contributed by atoms with Crippen LogP contribution in [0.1, 0.15) is 53.0 Å². The third kappa shape index (κ3) is 9.26. The molecular formula is C34H42ClFN4O3. The number of fused-ring (bicyclic) bond motifs is 1. The summed E-state index contributed by atoms with van der Waals surface area (Å²) in [5.41, 5.74) is 2.33. The number of ether oxygens (including phenoxy) is 3. The van der Waals surface area contributed by atoms with Gasteiger partial charge < -0.3 is 19.5 Å². The van der Waals surface area contributed by atoms with Gasteiger partial charge in [-0.25, -0.2) is 14.4 Å². The van der Waals surface area contributed by atoms with Crippen molar-refractivity contribution in [3.05, 3.63) is 83.4 Å². The lowest BCUT2D eigenvalue weighted by molar-refractivity contribution is 0.0261. The van der Waals surface area contributed by atoms with Gasteiger partial charge in [-0.1, -0.05) is 48.9 Å². The van der Waals surface area contributed by atoms with Gasteiger partial charge in [-0.15, -0.1) is 0 Å². The van der Waals surface area contributed by atoms with E-state index in [1.54, 1.807) is 6.07 Å². The predicted molar refractivity (Wildman–Crippen MR) is 172 cm³/mol. The molecule has 1 saturated heterocycles. The van der Waals surface area contributed by atoms with Crippen LogP contribution < -0.4 is 14.8 Å². The Hall–Kier alpha value is -3.46. The van der Waals surface area contributed by atoms with Gasteiger partial charge in [0.25, 0.3) is 0 Å². The van der Waals surface area contributed by atoms with Gasteiger partial charge in [0.05, 0.1) is 29.1 Å². The largest absolute Gasteiger partial charge is 0.489 e. The summed E-state index contributed by atoms with van der Waals surface area (Å²) in [5, 5.41) is 3.96. The zero-order valence-corrected chi connectivity index (χ0v) is 26.4. The van der Waals surface area contributed by atoms with Gasteiger partial charge in [0.1, 0.15) is 42.2 Å². The summed E-state index contributed by atoms with van der Waals surface area (Å²) in [6.07, 6.45) is 3.06. The average molecular weight is 609 g/mol. The quantitative estimate of drug-likeness (QED) is 0.194. The molecular weight excluding hydrogens is 567 g/mol. The van der Waals surface area contributed by atoms with E-state index in [4.69, 9.17) is 25.8 Å². The monoisotopic (exact) mass is 608 g/mol. The van der Waals surface area contributed by atoms with Crippen LogP contribution in [0.15, 0.2) is 67.0 Å². The number of anilines is 2. The Morgan fingerprint density at radius 2 is 1.72 bits per heavy atom. The Balaban J connectivity index is 0.000000410. The molecule has 1 fully saturated rings. The SMILES string of the molecule is CCN(C(C)C)C(C)C.Fc1ccc(Nc2ncnc3cc(OCc4ccccc4)cc(OC4CCOCC4)c23)cc1Cl. The fourth-order valence-corrected chi connectivity index (χ4v) is 5.33. The molecule has 7 nitrogen and oxygen atoms in total. The van der Waals surface area contributed by atoms with E-state index in [1.807, 2.05) is 42.5 Å². The number of hydrogen-bond acceptors (Lipinski definition) is 7. The van der Waals surface area contributed by atoms with E-state index in [0.29, 0.717) is 65.8 Å². The maximum absolute atomic E-state index is 13.6. The van der Waals surface area contributed by atoms with Crippen molar-refractivity contribution in [2.45, 2.75) is 72.3 Å². The first-order valence-electron chi connectivity index (χ1n) is 14.9. The fourth-order valence-electron chi connectivity index (χ4n) is 5.15. The zero-order valence-electron chi connectivity index (χ0n) is 25.6. The van der Waals surface area contributed by atoms with E-state index < -0.39 is 5.82 Å². The van der Waals surface area contributed by atoms with Gasteiger partial charge >= 0.3 is 0 Å². The molecule has 0 saturated carbocycles. The predicted octanol–water partition coefficient (Wildman–Crippen LogP) is 8.43. The van der Waals surface area contributed by atoms with Gasteiger partial charge in [0, 0.05) is 42.7 Å². The highest BCUT2D eigenvalue weighted by molar-refractivity contribution is 6.31. The van der Waals surface area contributed by atoms with Crippen molar-refractivity contribution in [2.75, 3.05) is 25.1 Å². The second-order valence-corrected chi connectivity index (χ2v) is 11.4. The third-order valence-corrected chi connectivity index (χ3v) is 7.55. The molecule has 0 spiro atoms. The molecule has 5 rings (SSSR count). The molecule has 43 heavy (non-hydrogen) atoms. The summed E-state index contributed by atoms with van der Waals surface area (Å²) >= 11 is 5.96. The van der Waals surface area contributed by atoms with Gasteiger partial charge in [-0.2, -0.15) is 0 Å². The molecule has 1 aliphatic rings. The lowest BCUT2D eigenvalue weighted by Gasteiger charge is -2.28. The van der Waals surface area contributed by atoms with E-state index in [0.717, 1.165) is 24.9 Å². The highest BCUT2D eigenvalue weighted by atomic mass is 35.5. The Kier molecular flexibility index (Phi) is 12.0. The fraction of sp³-hybridized carbons (Fsp3) is 0.412. The number of benzene rings is 3. The molecule has 0 atom stereocenters. The van der Waals surface area contributed by atoms with E-state index in [-0.39, 0.29) is 11.1 Å². The number of halogens is 2. The number of aromatic nitrogens is 2. The second kappa shape index (κ2) is 15.8. The zero-order chi connectivity index (χ0) is 30.8. The molecule has 1 aromatic heterocycles. The summed E-state index contributed by atoms with van der Waals surface area (Å²) < 4.78 is 31.6. The van der Waals surface area contributed by atoms with Crippen LogP contribution in [-0.4, -0.2) is 52.8 Å². The van der Waals surface area contributed by atoms with Crippen molar-refractivity contribution in [1.29, 1.82) is 0 Å². The van der Waals surface area contributed by atoms with Crippen molar-refractivity contribution in [3.8, 4) is 11.5 Å². The molecule has 1 N–H and O–H groups in total. The Morgan fingerprint density at radius 1 is 1.00 bits per heavy atom. The minimum atomic E-state index is -0.483. The van der Waals surface area contributed by atoms with Gasteiger partial charge in [0.2, 0.25) is 0 Å². The van der Waals surface area contributed by atoms with E-state index in [9.17, 15) is 4.39 Å². The van der Waals surface area contributed by atoms with Crippen molar-refractivity contribution >= 4 is 34.0 Å². The first kappa shape index (κ1) is 32.5. The molecule has 0 unspecified atom stereocenters. The molecule has 3 aromatic carbocycles. The number of nitrogens with zero attached hydrogens (tertiary/aromatic N) is 3. The van der Waals surface area contributed by atoms with Crippen LogP contribution in [0.3, 0.4) is 0 Å². The van der Waals surface area contributed by atoms with Gasteiger partial charge in [-0.3, -0.25) is 4.90 Å². The molecule has 2 heterocycles. The highest BCUT2D eigenvalue weighted by Crippen LogP contribution is 2.37. The maximum Gasteiger partial charge on any atom is 0.145 e. The van der Waals surface area contributed by atoms with Gasteiger partial charge in [0.15, 0.2) is 0 Å². The molecule has 4 aromatic rings. The third-order valence-electron chi connectivity index (χ3n) is 7.26. The van der Waals surface area contributed by atoms with E-state index in [2.05, 4.69) is 54.8 Å². The Labute approximate surface area is 259 Å². The van der Waals surface area contributed by atoms with Crippen molar-refractivity contribution in [2.24, 2.45) is 0 Å². The number of rotatable bonds is 10. The summed E-state index contributed by atoms with van der Waals surface area (Å²) in [4.78, 5) is 11.3. The van der Waals surface area contributed by atoms with Crippen molar-refractivity contribution < 1.29 is 18.6 Å². The lowest BCUT2D eigenvalue weighted by atomic mass is 10.1. The van der Waals surface area contributed by atoms with Crippen molar-refractivity contribution in [1.82, 2.24) is 14.9 Å². The maximum atomic E-state index is 13.6. The van der Waals surface area contributed by atoms with Crippen LogP contribution in [0, 0.1) is 5.82 Å². The highest BCUT2D eigenvalue weighted by Gasteiger charge is 2.20. The second-order valence-electron chi connectivity index (χ2n) is 11.0. The average Bonchev–Trinajstić information content (AvgIpc) is 2.99. The molecule has 9 heteroatoms. The smallest absolute Gasteiger partial charge is 0.145 e. The van der Waals surface area contributed by atoms with E-state index >= 15 is 0 Å². The summed E-state index contributed by atoms with van der Waals surface area (Å²) in [6.45, 7) is 14.1. The normalized spacial score (nSPS) is 13.7. The van der Waals surface area contributed by atoms with Crippen LogP contribution >= 0.6 is 11.6 Å². The van der Waals surface area contributed by atoms with Crippen molar-refractivity contribution in [3.63, 3.8) is 0 Å². The number of hydrogen-bond donors (Lipinski definition) is 1. The first-order valence-corrected chi connectivity index (χ1v) is 15.3. The minimum absolute atomic E-state index is 0.00893. The molecule has 0 bridgehead atoms. The first-order chi connectivity index (χ1) is 20.7. The molecule has 0 amide bonds. The molecule has 0 aliphatic carbocycles. The van der Waals surface area contributed by atoms with Crippen LogP contribution in [-0.2, 0) is 11.3 Å². The summed E-state index contributed by atoms with van der Waals surface area (Å²) in [7, 11) is 0.